The fraction of sp³-hybridized carbons (Fsp3) is 0. The van der Waals surface area contributed by atoms with Gasteiger partial charge in [0.25, 0.3) is 0 Å². The Morgan fingerprint density at radius 1 is 0.231 bits per heavy atom. The number of fused-ring (bicyclic) bond motifs is 5. The van der Waals surface area contributed by atoms with E-state index in [1.807, 2.05) is 54.6 Å². The minimum Gasteiger partial charge on any atom is -0.456 e. The number of hydrogen-bond acceptors (Lipinski definition) is 4. The Morgan fingerprint density at radius 2 is 0.662 bits per heavy atom. The van der Waals surface area contributed by atoms with Crippen LogP contribution in [0.15, 0.2) is 217 Å². The van der Waals surface area contributed by atoms with Gasteiger partial charge in [0.2, 0.25) is 0 Å². The van der Waals surface area contributed by atoms with Gasteiger partial charge in [-0.15, -0.1) is 0 Å². The molecule has 0 fully saturated rings. The molecule has 0 aliphatic carbocycles. The van der Waals surface area contributed by atoms with Crippen molar-refractivity contribution in [3.05, 3.63) is 212 Å². The molecule has 0 atom stereocenters. The predicted octanol–water partition coefficient (Wildman–Crippen LogP) is 16.5. The quantitative estimate of drug-likeness (QED) is 0.162. The molecule has 4 heteroatoms. The van der Waals surface area contributed by atoms with E-state index in [0.29, 0.717) is 17.5 Å². The van der Waals surface area contributed by atoms with Gasteiger partial charge in [0.05, 0.1) is 0 Å². The van der Waals surface area contributed by atoms with E-state index in [9.17, 15) is 0 Å². The highest BCUT2D eigenvalue weighted by Gasteiger charge is 2.18. The van der Waals surface area contributed by atoms with Gasteiger partial charge in [0.15, 0.2) is 17.5 Å². The van der Waals surface area contributed by atoms with Crippen molar-refractivity contribution >= 4 is 86.6 Å². The van der Waals surface area contributed by atoms with Crippen molar-refractivity contribution in [3.8, 4) is 56.4 Å². The largest absolute Gasteiger partial charge is 0.456 e. The summed E-state index contributed by atoms with van der Waals surface area (Å²) in [6, 6.07) is 76.1. The highest BCUT2D eigenvalue weighted by Crippen LogP contribution is 2.45. The minimum atomic E-state index is 0.595. The van der Waals surface area contributed by atoms with Crippen molar-refractivity contribution in [1.29, 1.82) is 0 Å². The fourth-order valence-corrected chi connectivity index (χ4v) is 10.3. The molecule has 0 saturated carbocycles. The second-order valence-electron chi connectivity index (χ2n) is 17.1. The van der Waals surface area contributed by atoms with Crippen molar-refractivity contribution < 1.29 is 4.42 Å². The zero-order valence-electron chi connectivity index (χ0n) is 35.0. The maximum Gasteiger partial charge on any atom is 0.164 e. The summed E-state index contributed by atoms with van der Waals surface area (Å²) in [6.07, 6.45) is 0. The summed E-state index contributed by atoms with van der Waals surface area (Å²) in [4.78, 5) is 15.0. The molecule has 0 aliphatic rings. The Hall–Kier alpha value is -8.73. The molecule has 4 nitrogen and oxygen atoms in total. The van der Waals surface area contributed by atoms with E-state index in [4.69, 9.17) is 19.4 Å². The van der Waals surface area contributed by atoms with Gasteiger partial charge in [-0.3, -0.25) is 0 Å². The Kier molecular flexibility index (Phi) is 7.65. The van der Waals surface area contributed by atoms with Gasteiger partial charge in [-0.2, -0.15) is 0 Å². The average molecular weight is 826 g/mol. The molecule has 2 aromatic heterocycles. The van der Waals surface area contributed by atoms with Crippen LogP contribution in [0.25, 0.3) is 143 Å². The third kappa shape index (κ3) is 5.61. The Balaban J connectivity index is 0.857. The second-order valence-corrected chi connectivity index (χ2v) is 17.1. The Labute approximate surface area is 373 Å². The van der Waals surface area contributed by atoms with Crippen molar-refractivity contribution in [1.82, 2.24) is 15.0 Å². The van der Waals surface area contributed by atoms with E-state index in [2.05, 4.69) is 158 Å². The molecule has 14 aromatic rings. The van der Waals surface area contributed by atoms with Crippen LogP contribution < -0.4 is 0 Å². The number of hydrogen-bond donors (Lipinski definition) is 0. The van der Waals surface area contributed by atoms with E-state index >= 15 is 0 Å². The smallest absolute Gasteiger partial charge is 0.164 e. The molecule has 65 heavy (non-hydrogen) atoms. The molecule has 12 aromatic carbocycles. The lowest BCUT2D eigenvalue weighted by Gasteiger charge is -2.17. The first-order valence-corrected chi connectivity index (χ1v) is 22.1. The third-order valence-corrected chi connectivity index (χ3v) is 13.4. The highest BCUT2D eigenvalue weighted by molar-refractivity contribution is 6.37. The van der Waals surface area contributed by atoms with E-state index in [1.54, 1.807) is 0 Å². The van der Waals surface area contributed by atoms with Gasteiger partial charge in [-0.25, -0.2) is 15.0 Å². The summed E-state index contributed by atoms with van der Waals surface area (Å²) in [5.41, 5.74) is 9.01. The van der Waals surface area contributed by atoms with Crippen LogP contribution >= 0.6 is 0 Å². The first-order valence-electron chi connectivity index (χ1n) is 22.1. The Morgan fingerprint density at radius 3 is 1.28 bits per heavy atom. The number of benzene rings is 11. The summed E-state index contributed by atoms with van der Waals surface area (Å²) in [5, 5.41) is 17.6. The zero-order valence-corrected chi connectivity index (χ0v) is 35.0. The van der Waals surface area contributed by atoms with Crippen LogP contribution in [0.4, 0.5) is 0 Å². The third-order valence-electron chi connectivity index (χ3n) is 13.4. The summed E-state index contributed by atoms with van der Waals surface area (Å²) < 4.78 is 6.24. The van der Waals surface area contributed by atoms with E-state index in [1.165, 1.54) is 75.8 Å². The summed E-state index contributed by atoms with van der Waals surface area (Å²) >= 11 is 0. The standard InChI is InChI=1S/C61H35N3O/c1-2-9-42(10-3-1)59-62-60(64-61(63-59)45-31-32-48-47-14-4-5-18-53(47)65-54(48)35-45)43-28-23-37(24-29-43)36-19-21-38(22-20-36)46-33-44-30-27-41-12-7-16-50-49-15-6-11-39-25-26-40-13-8-17-51(57(40)55(39)49)52(34-46)58(44)56(41)50/h1-35H. The highest BCUT2D eigenvalue weighted by atomic mass is 16.3. The van der Waals surface area contributed by atoms with Crippen LogP contribution in [0.1, 0.15) is 0 Å². The lowest BCUT2D eigenvalue weighted by Crippen LogP contribution is -2.00. The fourth-order valence-electron chi connectivity index (χ4n) is 10.3. The van der Waals surface area contributed by atoms with Crippen LogP contribution in [0.3, 0.4) is 0 Å². The molecule has 0 amide bonds. The second kappa shape index (κ2) is 13.9. The van der Waals surface area contributed by atoms with Crippen LogP contribution in [0.5, 0.6) is 0 Å². The molecule has 0 radical (unpaired) electrons. The SMILES string of the molecule is c1ccc(-c2nc(-c3ccc(-c4ccc(-c5cc6ccc7cccc8c9cccc%10ccc%11cccc(c(c5)c6c78)c%11c%109)cc4)cc3)nc(-c3ccc4c(c3)oc3ccccc34)n2)cc1. The van der Waals surface area contributed by atoms with Crippen LogP contribution in [0.2, 0.25) is 0 Å². The van der Waals surface area contributed by atoms with Gasteiger partial charge < -0.3 is 4.42 Å². The van der Waals surface area contributed by atoms with Gasteiger partial charge in [-0.1, -0.05) is 182 Å². The molecular formula is C61H35N3O. The van der Waals surface area contributed by atoms with E-state index in [0.717, 1.165) is 49.8 Å². The number of aromatic nitrogens is 3. The minimum absolute atomic E-state index is 0.595. The number of nitrogens with zero attached hydrogens (tertiary/aromatic N) is 3. The number of rotatable bonds is 5. The van der Waals surface area contributed by atoms with E-state index < -0.39 is 0 Å². The van der Waals surface area contributed by atoms with Crippen molar-refractivity contribution in [2.75, 3.05) is 0 Å². The van der Waals surface area contributed by atoms with Gasteiger partial charge in [0.1, 0.15) is 11.2 Å². The van der Waals surface area contributed by atoms with Crippen molar-refractivity contribution in [2.45, 2.75) is 0 Å². The lowest BCUT2D eigenvalue weighted by atomic mass is 9.86. The van der Waals surface area contributed by atoms with Gasteiger partial charge in [0, 0.05) is 27.5 Å². The molecule has 0 bridgehead atoms. The van der Waals surface area contributed by atoms with Gasteiger partial charge in [-0.05, 0) is 117 Å². The monoisotopic (exact) mass is 825 g/mol. The van der Waals surface area contributed by atoms with E-state index in [-0.39, 0.29) is 0 Å². The van der Waals surface area contributed by atoms with Crippen LogP contribution in [-0.2, 0) is 0 Å². The number of para-hydroxylation sites is 1. The average Bonchev–Trinajstić information content (AvgIpc) is 3.75. The van der Waals surface area contributed by atoms with Crippen LogP contribution in [0, 0.1) is 0 Å². The lowest BCUT2D eigenvalue weighted by molar-refractivity contribution is 0.669. The molecule has 0 N–H and O–H groups in total. The van der Waals surface area contributed by atoms with Crippen molar-refractivity contribution in [3.63, 3.8) is 0 Å². The topological polar surface area (TPSA) is 51.8 Å². The zero-order chi connectivity index (χ0) is 42.6. The molecule has 300 valence electrons. The normalized spacial score (nSPS) is 12.0. The maximum atomic E-state index is 6.24. The molecule has 0 spiro atoms. The van der Waals surface area contributed by atoms with Gasteiger partial charge >= 0.3 is 0 Å². The maximum absolute atomic E-state index is 6.24. The molecular weight excluding hydrogens is 791 g/mol. The molecule has 14 rings (SSSR count). The number of furan rings is 1. The van der Waals surface area contributed by atoms with Crippen molar-refractivity contribution in [2.24, 2.45) is 0 Å². The molecule has 0 aliphatic heterocycles. The summed E-state index contributed by atoms with van der Waals surface area (Å²) in [7, 11) is 0. The van der Waals surface area contributed by atoms with Crippen LogP contribution in [-0.4, -0.2) is 15.0 Å². The summed E-state index contributed by atoms with van der Waals surface area (Å²) in [5.74, 6) is 1.83. The Bertz CT molecular complexity index is 4200. The first-order chi connectivity index (χ1) is 32.2. The predicted molar refractivity (Wildman–Crippen MR) is 271 cm³/mol. The molecule has 2 heterocycles. The summed E-state index contributed by atoms with van der Waals surface area (Å²) in [6.45, 7) is 0. The first kappa shape index (κ1) is 35.8. The molecule has 0 saturated heterocycles. The molecule has 0 unspecified atom stereocenters.